The van der Waals surface area contributed by atoms with E-state index in [1.54, 1.807) is 31.3 Å². The lowest BCUT2D eigenvalue weighted by atomic mass is 9.98. The molecule has 6 nitrogen and oxygen atoms in total. The number of pyridine rings is 1. The summed E-state index contributed by atoms with van der Waals surface area (Å²) in [5, 5.41) is 7.17. The van der Waals surface area contributed by atoms with Crippen molar-refractivity contribution in [1.82, 2.24) is 19.7 Å². The molecule has 0 spiro atoms. The van der Waals surface area contributed by atoms with E-state index in [4.69, 9.17) is 0 Å². The van der Waals surface area contributed by atoms with Gasteiger partial charge in [-0.15, -0.1) is 11.3 Å². The van der Waals surface area contributed by atoms with Crippen LogP contribution in [0, 0.1) is 6.92 Å². The lowest BCUT2D eigenvalue weighted by molar-refractivity contribution is -0.143. The molecule has 4 aromatic rings. The standard InChI is InChI=1S/C23H17F6N5OS/c1-12-19(36-21(32-12)18-5-3-4-8-30-18)20(35)33-15-10-31-34(11-15)13(2)16-7-6-14(22(24,25)26)9-17(16)23(27,28)29/h3-11,13H,1-2H3,(H,33,35)/t13-/m1/s1. The highest BCUT2D eigenvalue weighted by Gasteiger charge is 2.39. The van der Waals surface area contributed by atoms with Gasteiger partial charge in [0.25, 0.3) is 5.91 Å². The molecule has 0 unspecified atom stereocenters. The van der Waals surface area contributed by atoms with Gasteiger partial charge in [-0.2, -0.15) is 31.4 Å². The third-order valence-corrected chi connectivity index (χ3v) is 6.46. The number of hydrogen-bond donors (Lipinski definition) is 1. The van der Waals surface area contributed by atoms with Gasteiger partial charge in [-0.05, 0) is 43.7 Å². The number of nitrogens with zero attached hydrogens (tertiary/aromatic N) is 4. The third kappa shape index (κ3) is 5.25. The molecule has 0 saturated heterocycles. The fourth-order valence-electron chi connectivity index (χ4n) is 3.49. The molecule has 188 valence electrons. The van der Waals surface area contributed by atoms with Crippen LogP contribution in [0.25, 0.3) is 10.7 Å². The second kappa shape index (κ2) is 9.37. The van der Waals surface area contributed by atoms with E-state index in [1.165, 1.54) is 19.3 Å². The molecular formula is C23H17F6N5OS. The largest absolute Gasteiger partial charge is 0.416 e. The Morgan fingerprint density at radius 2 is 1.83 bits per heavy atom. The monoisotopic (exact) mass is 525 g/mol. The second-order valence-corrected chi connectivity index (χ2v) is 8.78. The van der Waals surface area contributed by atoms with Gasteiger partial charge in [-0.1, -0.05) is 12.1 Å². The molecule has 0 aliphatic heterocycles. The van der Waals surface area contributed by atoms with E-state index in [2.05, 4.69) is 20.4 Å². The maximum absolute atomic E-state index is 13.6. The van der Waals surface area contributed by atoms with Crippen LogP contribution in [-0.4, -0.2) is 25.7 Å². The predicted molar refractivity (Wildman–Crippen MR) is 121 cm³/mol. The molecule has 0 aliphatic carbocycles. The van der Waals surface area contributed by atoms with E-state index in [-0.39, 0.29) is 11.8 Å². The summed E-state index contributed by atoms with van der Waals surface area (Å²) >= 11 is 1.13. The molecule has 1 N–H and O–H groups in total. The van der Waals surface area contributed by atoms with Crippen molar-refractivity contribution in [3.05, 3.63) is 82.3 Å². The number of thiazole rings is 1. The average Bonchev–Trinajstić information content (AvgIpc) is 3.44. The summed E-state index contributed by atoms with van der Waals surface area (Å²) in [7, 11) is 0. The highest BCUT2D eigenvalue weighted by molar-refractivity contribution is 7.17. The van der Waals surface area contributed by atoms with Gasteiger partial charge in [0.1, 0.15) is 9.88 Å². The highest BCUT2D eigenvalue weighted by Crippen LogP contribution is 2.40. The van der Waals surface area contributed by atoms with Crippen molar-refractivity contribution in [3.63, 3.8) is 0 Å². The van der Waals surface area contributed by atoms with Crippen LogP contribution in [0.1, 0.15) is 45.0 Å². The lowest BCUT2D eigenvalue weighted by Gasteiger charge is -2.20. The number of benzene rings is 1. The number of carbonyl (C=O) groups is 1. The summed E-state index contributed by atoms with van der Waals surface area (Å²) < 4.78 is 80.7. The molecular weight excluding hydrogens is 508 g/mol. The van der Waals surface area contributed by atoms with Crippen LogP contribution in [-0.2, 0) is 12.4 Å². The molecule has 0 fully saturated rings. The van der Waals surface area contributed by atoms with Crippen molar-refractivity contribution in [2.45, 2.75) is 32.2 Å². The van der Waals surface area contributed by atoms with E-state index < -0.39 is 41.0 Å². The number of carbonyl (C=O) groups excluding carboxylic acids is 1. The molecule has 0 bridgehead atoms. The minimum Gasteiger partial charge on any atom is -0.319 e. The molecule has 36 heavy (non-hydrogen) atoms. The number of aromatic nitrogens is 4. The van der Waals surface area contributed by atoms with Crippen molar-refractivity contribution < 1.29 is 31.1 Å². The number of hydrogen-bond acceptors (Lipinski definition) is 5. The number of anilines is 1. The molecule has 3 heterocycles. The molecule has 4 rings (SSSR count). The Bertz CT molecular complexity index is 1390. The first-order valence-electron chi connectivity index (χ1n) is 10.4. The van der Waals surface area contributed by atoms with Crippen LogP contribution >= 0.6 is 11.3 Å². The Morgan fingerprint density at radius 1 is 1.08 bits per heavy atom. The number of aryl methyl sites for hydroxylation is 1. The molecule has 0 radical (unpaired) electrons. The van der Waals surface area contributed by atoms with Crippen molar-refractivity contribution in [3.8, 4) is 10.7 Å². The van der Waals surface area contributed by atoms with Gasteiger partial charge in [-0.3, -0.25) is 14.5 Å². The Kier molecular flexibility index (Phi) is 6.60. The summed E-state index contributed by atoms with van der Waals surface area (Å²) in [4.78, 5) is 21.7. The van der Waals surface area contributed by atoms with Crippen LogP contribution in [0.5, 0.6) is 0 Å². The first kappa shape index (κ1) is 25.4. The molecule has 13 heteroatoms. The van der Waals surface area contributed by atoms with Crippen LogP contribution in [0.15, 0.2) is 55.0 Å². The van der Waals surface area contributed by atoms with E-state index in [9.17, 15) is 31.1 Å². The van der Waals surface area contributed by atoms with Gasteiger partial charge in [0.15, 0.2) is 0 Å². The number of nitrogens with one attached hydrogen (secondary N) is 1. The van der Waals surface area contributed by atoms with Gasteiger partial charge in [0, 0.05) is 12.4 Å². The van der Waals surface area contributed by atoms with Gasteiger partial charge in [0.05, 0.1) is 40.4 Å². The SMILES string of the molecule is Cc1nc(-c2ccccn2)sc1C(=O)Nc1cnn([C@H](C)c2ccc(C(F)(F)F)cc2C(F)(F)F)c1. The maximum atomic E-state index is 13.6. The van der Waals surface area contributed by atoms with Crippen LogP contribution < -0.4 is 5.32 Å². The van der Waals surface area contributed by atoms with Crippen molar-refractivity contribution in [2.75, 3.05) is 5.32 Å². The summed E-state index contributed by atoms with van der Waals surface area (Å²) in [5.41, 5.74) is -1.94. The fraction of sp³-hybridized carbons (Fsp3) is 0.217. The lowest BCUT2D eigenvalue weighted by Crippen LogP contribution is -2.17. The van der Waals surface area contributed by atoms with Crippen LogP contribution in [0.2, 0.25) is 0 Å². The fourth-order valence-corrected chi connectivity index (χ4v) is 4.43. The summed E-state index contributed by atoms with van der Waals surface area (Å²) in [5.74, 6) is -0.495. The quantitative estimate of drug-likeness (QED) is 0.298. The van der Waals surface area contributed by atoms with E-state index in [1.807, 2.05) is 0 Å². The normalized spacial score (nSPS) is 13.0. The second-order valence-electron chi connectivity index (χ2n) is 7.79. The minimum atomic E-state index is -5.01. The zero-order valence-electron chi connectivity index (χ0n) is 18.6. The number of alkyl halides is 6. The van der Waals surface area contributed by atoms with Crippen LogP contribution in [0.4, 0.5) is 32.0 Å². The Hall–Kier alpha value is -3.74. The summed E-state index contributed by atoms with van der Waals surface area (Å²) in [6.45, 7) is 3.02. The molecule has 0 saturated carbocycles. The van der Waals surface area contributed by atoms with Gasteiger partial charge in [0.2, 0.25) is 0 Å². The smallest absolute Gasteiger partial charge is 0.319 e. The maximum Gasteiger partial charge on any atom is 0.416 e. The van der Waals surface area contributed by atoms with Crippen molar-refractivity contribution in [2.24, 2.45) is 0 Å². The molecule has 0 aliphatic rings. The zero-order valence-corrected chi connectivity index (χ0v) is 19.5. The Labute approximate surface area is 204 Å². The van der Waals surface area contributed by atoms with E-state index >= 15 is 0 Å². The van der Waals surface area contributed by atoms with E-state index in [0.717, 1.165) is 22.1 Å². The average molecular weight is 525 g/mol. The Balaban J connectivity index is 1.57. The third-order valence-electron chi connectivity index (χ3n) is 5.28. The van der Waals surface area contributed by atoms with Crippen molar-refractivity contribution in [1.29, 1.82) is 0 Å². The predicted octanol–water partition coefficient (Wildman–Crippen LogP) is 6.61. The van der Waals surface area contributed by atoms with Gasteiger partial charge in [-0.25, -0.2) is 4.98 Å². The van der Waals surface area contributed by atoms with Crippen LogP contribution in [0.3, 0.4) is 0 Å². The molecule has 1 atom stereocenters. The number of halogens is 6. The summed E-state index contributed by atoms with van der Waals surface area (Å²) in [6.07, 6.45) is -5.79. The Morgan fingerprint density at radius 3 is 2.47 bits per heavy atom. The topological polar surface area (TPSA) is 72.7 Å². The van der Waals surface area contributed by atoms with Gasteiger partial charge < -0.3 is 5.32 Å². The molecule has 1 amide bonds. The first-order valence-corrected chi connectivity index (χ1v) is 11.2. The summed E-state index contributed by atoms with van der Waals surface area (Å²) in [6, 6.07) is 5.68. The molecule has 1 aromatic carbocycles. The van der Waals surface area contributed by atoms with Crippen molar-refractivity contribution >= 4 is 22.9 Å². The molecule has 3 aromatic heterocycles. The number of rotatable bonds is 5. The first-order chi connectivity index (χ1) is 16.8. The highest BCUT2D eigenvalue weighted by atomic mass is 32.1. The number of amides is 1. The van der Waals surface area contributed by atoms with E-state index in [0.29, 0.717) is 27.3 Å². The minimum absolute atomic E-state index is 0.0871. The van der Waals surface area contributed by atoms with Gasteiger partial charge >= 0.3 is 12.4 Å². The zero-order chi connectivity index (χ0) is 26.3.